The van der Waals surface area contributed by atoms with Crippen LogP contribution in [0.4, 0.5) is 0 Å². The Morgan fingerprint density at radius 1 is 1.33 bits per heavy atom. The lowest BCUT2D eigenvalue weighted by Crippen LogP contribution is -2.44. The van der Waals surface area contributed by atoms with Crippen LogP contribution in [0.1, 0.15) is 13.1 Å². The van der Waals surface area contributed by atoms with Gasteiger partial charge in [0.05, 0.1) is 17.1 Å². The highest BCUT2D eigenvalue weighted by Crippen LogP contribution is 2.15. The van der Waals surface area contributed by atoms with Crippen LogP contribution in [0.3, 0.4) is 0 Å². The van der Waals surface area contributed by atoms with Gasteiger partial charge in [-0.3, -0.25) is 9.36 Å². The fraction of sp³-hybridized carbons (Fsp3) is 0.333. The van der Waals surface area contributed by atoms with E-state index in [2.05, 4.69) is 5.32 Å². The first kappa shape index (κ1) is 12.4. The largest absolute Gasteiger partial charge is 0.508 e. The van der Waals surface area contributed by atoms with Crippen molar-refractivity contribution >= 4 is 10.9 Å². The molecule has 0 aliphatic rings. The quantitative estimate of drug-likeness (QED) is 0.794. The van der Waals surface area contributed by atoms with Gasteiger partial charge in [-0.05, 0) is 32.2 Å². The topological polar surface area (TPSA) is 76.3 Å². The van der Waals surface area contributed by atoms with Crippen molar-refractivity contribution < 1.29 is 5.11 Å². The molecule has 18 heavy (non-hydrogen) atoms. The summed E-state index contributed by atoms with van der Waals surface area (Å²) in [5.74, 6) is 0.00177. The minimum atomic E-state index is -0.414. The van der Waals surface area contributed by atoms with E-state index in [9.17, 15) is 14.7 Å². The van der Waals surface area contributed by atoms with Crippen molar-refractivity contribution in [3.63, 3.8) is 0 Å². The minimum absolute atomic E-state index is 0.00177. The molecule has 0 aliphatic heterocycles. The molecule has 1 heterocycles. The predicted molar refractivity (Wildman–Crippen MR) is 68.9 cm³/mol. The molecule has 0 amide bonds. The second kappa shape index (κ2) is 4.30. The third kappa shape index (κ3) is 1.70. The highest BCUT2D eigenvalue weighted by Gasteiger charge is 2.14. The highest BCUT2D eigenvalue weighted by molar-refractivity contribution is 5.79. The lowest BCUT2D eigenvalue weighted by Gasteiger charge is -2.16. The van der Waals surface area contributed by atoms with E-state index in [1.54, 1.807) is 27.1 Å². The molecule has 6 heteroatoms. The Labute approximate surface area is 103 Å². The number of fused-ring (bicyclic) bond motifs is 1. The Hall–Kier alpha value is -2.08. The molecule has 0 aliphatic carbocycles. The number of phenols is 1. The lowest BCUT2D eigenvalue weighted by atomic mass is 10.2. The Kier molecular flexibility index (Phi) is 2.96. The van der Waals surface area contributed by atoms with Gasteiger partial charge in [-0.25, -0.2) is 9.36 Å². The molecule has 2 aromatic rings. The number of rotatable bonds is 2. The third-order valence-corrected chi connectivity index (χ3v) is 3.09. The van der Waals surface area contributed by atoms with E-state index in [0.29, 0.717) is 10.9 Å². The molecular weight excluding hydrogens is 234 g/mol. The van der Waals surface area contributed by atoms with E-state index in [-0.39, 0.29) is 11.4 Å². The number of benzene rings is 1. The van der Waals surface area contributed by atoms with Crippen molar-refractivity contribution in [2.75, 3.05) is 7.05 Å². The normalized spacial score (nSPS) is 12.8. The second-order valence-electron chi connectivity index (χ2n) is 4.18. The summed E-state index contributed by atoms with van der Waals surface area (Å²) in [7, 11) is 3.27. The van der Waals surface area contributed by atoms with Crippen molar-refractivity contribution in [3.05, 3.63) is 39.0 Å². The smallest absolute Gasteiger partial charge is 0.332 e. The summed E-state index contributed by atoms with van der Waals surface area (Å²) in [5, 5.41) is 12.6. The molecule has 0 fully saturated rings. The van der Waals surface area contributed by atoms with Gasteiger partial charge >= 0.3 is 5.69 Å². The summed E-state index contributed by atoms with van der Waals surface area (Å²) < 4.78 is 2.52. The zero-order chi connectivity index (χ0) is 13.4. The fourth-order valence-electron chi connectivity index (χ4n) is 1.94. The van der Waals surface area contributed by atoms with E-state index in [4.69, 9.17) is 0 Å². The predicted octanol–water partition coefficient (Wildman–Crippen LogP) is 0.144. The van der Waals surface area contributed by atoms with Gasteiger partial charge in [0, 0.05) is 7.05 Å². The molecule has 1 aromatic carbocycles. The molecule has 1 aromatic heterocycles. The van der Waals surface area contributed by atoms with E-state index < -0.39 is 11.7 Å². The van der Waals surface area contributed by atoms with Crippen LogP contribution in [-0.4, -0.2) is 21.3 Å². The maximum Gasteiger partial charge on any atom is 0.332 e. The zero-order valence-electron chi connectivity index (χ0n) is 10.5. The number of nitrogens with zero attached hydrogens (tertiary/aromatic N) is 2. The van der Waals surface area contributed by atoms with Crippen molar-refractivity contribution in [1.82, 2.24) is 14.5 Å². The van der Waals surface area contributed by atoms with Crippen LogP contribution in [0.2, 0.25) is 0 Å². The second-order valence-corrected chi connectivity index (χ2v) is 4.18. The summed E-state index contributed by atoms with van der Waals surface area (Å²) in [6.07, 6.45) is -0.414. The number of nitrogens with one attached hydrogen (secondary N) is 1. The van der Waals surface area contributed by atoms with Gasteiger partial charge in [0.2, 0.25) is 0 Å². The maximum absolute atomic E-state index is 12.3. The number of aryl methyl sites for hydroxylation is 1. The van der Waals surface area contributed by atoms with Gasteiger partial charge in [0.1, 0.15) is 5.75 Å². The molecule has 0 bridgehead atoms. The summed E-state index contributed by atoms with van der Waals surface area (Å²) in [4.78, 5) is 24.4. The van der Waals surface area contributed by atoms with Crippen molar-refractivity contribution in [2.45, 2.75) is 13.1 Å². The first-order chi connectivity index (χ1) is 8.47. The van der Waals surface area contributed by atoms with Crippen molar-refractivity contribution in [1.29, 1.82) is 0 Å². The van der Waals surface area contributed by atoms with E-state index in [0.717, 1.165) is 4.57 Å². The van der Waals surface area contributed by atoms with Crippen molar-refractivity contribution in [2.24, 2.45) is 7.05 Å². The summed E-state index contributed by atoms with van der Waals surface area (Å²) in [6.45, 7) is 1.72. The van der Waals surface area contributed by atoms with Gasteiger partial charge in [-0.2, -0.15) is 0 Å². The van der Waals surface area contributed by atoms with Crippen LogP contribution >= 0.6 is 0 Å². The standard InChI is InChI=1S/C12H15N3O3/c1-7(13-2)15-11(17)9-6-8(16)4-5-10(9)14(3)12(15)18/h4-7,13,16H,1-3H3. The van der Waals surface area contributed by atoms with E-state index in [1.807, 2.05) is 0 Å². The SMILES string of the molecule is CNC(C)n1c(=O)c2cc(O)ccc2n(C)c1=O. The Balaban J connectivity index is 2.98. The summed E-state index contributed by atoms with van der Waals surface area (Å²) >= 11 is 0. The Morgan fingerprint density at radius 3 is 2.61 bits per heavy atom. The van der Waals surface area contributed by atoms with Crippen LogP contribution in [0.25, 0.3) is 10.9 Å². The molecule has 0 radical (unpaired) electrons. The van der Waals surface area contributed by atoms with Crippen LogP contribution in [0.15, 0.2) is 27.8 Å². The first-order valence-corrected chi connectivity index (χ1v) is 5.59. The number of hydrogen-bond donors (Lipinski definition) is 2. The lowest BCUT2D eigenvalue weighted by molar-refractivity contribution is 0.437. The molecule has 0 saturated heterocycles. The summed E-state index contributed by atoms with van der Waals surface area (Å²) in [5.41, 5.74) is -0.298. The Morgan fingerprint density at radius 2 is 2.00 bits per heavy atom. The number of aromatic hydroxyl groups is 1. The Bertz CT molecular complexity index is 715. The average Bonchev–Trinajstić information content (AvgIpc) is 2.36. The van der Waals surface area contributed by atoms with Crippen LogP contribution in [0.5, 0.6) is 5.75 Å². The van der Waals surface area contributed by atoms with Crippen molar-refractivity contribution in [3.8, 4) is 5.75 Å². The first-order valence-electron chi connectivity index (χ1n) is 5.59. The zero-order valence-corrected chi connectivity index (χ0v) is 10.5. The molecule has 2 rings (SSSR count). The van der Waals surface area contributed by atoms with Gasteiger partial charge in [0.15, 0.2) is 0 Å². The van der Waals surface area contributed by atoms with Gasteiger partial charge in [-0.1, -0.05) is 0 Å². The molecule has 0 spiro atoms. The molecule has 1 atom stereocenters. The molecule has 2 N–H and O–H groups in total. The number of aromatic nitrogens is 2. The van der Waals surface area contributed by atoms with Crippen LogP contribution in [0, 0.1) is 0 Å². The van der Waals surface area contributed by atoms with E-state index >= 15 is 0 Å². The molecule has 96 valence electrons. The van der Waals surface area contributed by atoms with Crippen LogP contribution < -0.4 is 16.6 Å². The fourth-order valence-corrected chi connectivity index (χ4v) is 1.94. The number of phenolic OH excluding ortho intramolecular Hbond substituents is 1. The number of hydrogen-bond acceptors (Lipinski definition) is 4. The molecule has 0 saturated carbocycles. The van der Waals surface area contributed by atoms with Gasteiger partial charge in [0.25, 0.3) is 5.56 Å². The molecule has 1 unspecified atom stereocenters. The molecular formula is C12H15N3O3. The van der Waals surface area contributed by atoms with Gasteiger partial charge < -0.3 is 10.4 Å². The highest BCUT2D eigenvalue weighted by atomic mass is 16.3. The minimum Gasteiger partial charge on any atom is -0.508 e. The monoisotopic (exact) mass is 249 g/mol. The molecule has 6 nitrogen and oxygen atoms in total. The third-order valence-electron chi connectivity index (χ3n) is 3.09. The maximum atomic E-state index is 12.3. The summed E-state index contributed by atoms with van der Waals surface area (Å²) in [6, 6.07) is 4.38. The van der Waals surface area contributed by atoms with Crippen LogP contribution in [-0.2, 0) is 7.05 Å². The average molecular weight is 249 g/mol. The van der Waals surface area contributed by atoms with Gasteiger partial charge in [-0.15, -0.1) is 0 Å². The van der Waals surface area contributed by atoms with E-state index in [1.165, 1.54) is 16.7 Å².